The monoisotopic (exact) mass is 309 g/mol. The Labute approximate surface area is 113 Å². The molecule has 4 heteroatoms. The number of halogens is 1. The van der Waals surface area contributed by atoms with E-state index in [-0.39, 0.29) is 5.78 Å². The smallest absolute Gasteiger partial charge is 0.136 e. The van der Waals surface area contributed by atoms with E-state index < -0.39 is 0 Å². The Hall–Kier alpha value is -1.00. The molecule has 2 rings (SSSR count). The van der Waals surface area contributed by atoms with Gasteiger partial charge in [-0.1, -0.05) is 22.0 Å². The fraction of sp³-hybridized carbons (Fsp3) is 0.231. The molecule has 0 spiro atoms. The van der Waals surface area contributed by atoms with Crippen molar-refractivity contribution >= 4 is 33.0 Å². The average Bonchev–Trinajstić information content (AvgIpc) is 2.69. The van der Waals surface area contributed by atoms with Crippen LogP contribution in [0.1, 0.15) is 17.5 Å². The van der Waals surface area contributed by atoms with Crippen LogP contribution in [0.5, 0.6) is 0 Å². The summed E-state index contributed by atoms with van der Waals surface area (Å²) < 4.78 is 1.04. The zero-order chi connectivity index (χ0) is 12.4. The second-order valence-corrected chi connectivity index (χ2v) is 5.82. The summed E-state index contributed by atoms with van der Waals surface area (Å²) in [4.78, 5) is 15.5. The number of ketones is 1. The van der Waals surface area contributed by atoms with E-state index in [4.69, 9.17) is 0 Å². The SMILES string of the molecule is CC(=O)Cc1nc(-c2cc(Br)ccc2C)cs1. The van der Waals surface area contributed by atoms with Crippen LogP contribution in [0.2, 0.25) is 0 Å². The van der Waals surface area contributed by atoms with E-state index in [1.54, 1.807) is 18.3 Å². The van der Waals surface area contributed by atoms with Crippen molar-refractivity contribution in [3.8, 4) is 11.3 Å². The van der Waals surface area contributed by atoms with Gasteiger partial charge >= 0.3 is 0 Å². The number of rotatable bonds is 3. The van der Waals surface area contributed by atoms with Gasteiger partial charge in [0.1, 0.15) is 10.8 Å². The van der Waals surface area contributed by atoms with Gasteiger partial charge in [0, 0.05) is 15.4 Å². The summed E-state index contributed by atoms with van der Waals surface area (Å²) in [6, 6.07) is 6.13. The van der Waals surface area contributed by atoms with Crippen LogP contribution in [0.3, 0.4) is 0 Å². The van der Waals surface area contributed by atoms with Gasteiger partial charge in [-0.15, -0.1) is 11.3 Å². The number of hydrogen-bond acceptors (Lipinski definition) is 3. The van der Waals surface area contributed by atoms with Gasteiger partial charge in [0.05, 0.1) is 12.1 Å². The Bertz CT molecular complexity index is 562. The number of Topliss-reactive ketones (excluding diaryl/α,β-unsaturated/α-hetero) is 1. The highest BCUT2D eigenvalue weighted by atomic mass is 79.9. The number of aryl methyl sites for hydroxylation is 1. The lowest BCUT2D eigenvalue weighted by Gasteiger charge is -2.02. The number of carbonyl (C=O) groups is 1. The lowest BCUT2D eigenvalue weighted by atomic mass is 10.1. The summed E-state index contributed by atoms with van der Waals surface area (Å²) in [5.74, 6) is 0.150. The Morgan fingerprint density at radius 1 is 1.47 bits per heavy atom. The van der Waals surface area contributed by atoms with Gasteiger partial charge in [-0.05, 0) is 31.5 Å². The standard InChI is InChI=1S/C13H12BrNOS/c1-8-3-4-10(14)6-11(8)12-7-17-13(15-12)5-9(2)16/h3-4,6-7H,5H2,1-2H3. The van der Waals surface area contributed by atoms with Crippen LogP contribution in [0, 0.1) is 6.92 Å². The molecule has 0 aliphatic carbocycles. The highest BCUT2D eigenvalue weighted by Crippen LogP contribution is 2.28. The summed E-state index contributed by atoms with van der Waals surface area (Å²) in [7, 11) is 0. The maximum Gasteiger partial charge on any atom is 0.136 e. The second-order valence-electron chi connectivity index (χ2n) is 3.96. The minimum atomic E-state index is 0.150. The third kappa shape index (κ3) is 3.01. The molecule has 0 amide bonds. The first-order valence-electron chi connectivity index (χ1n) is 5.26. The highest BCUT2D eigenvalue weighted by Gasteiger charge is 2.08. The molecule has 88 valence electrons. The zero-order valence-corrected chi connectivity index (χ0v) is 12.1. The number of carbonyl (C=O) groups excluding carboxylic acids is 1. The lowest BCUT2D eigenvalue weighted by molar-refractivity contribution is -0.116. The van der Waals surface area contributed by atoms with E-state index in [1.165, 1.54) is 5.56 Å². The number of thiazole rings is 1. The van der Waals surface area contributed by atoms with Gasteiger partial charge in [-0.25, -0.2) is 4.98 Å². The van der Waals surface area contributed by atoms with Crippen molar-refractivity contribution in [3.05, 3.63) is 38.6 Å². The van der Waals surface area contributed by atoms with Crippen LogP contribution >= 0.6 is 27.3 Å². The van der Waals surface area contributed by atoms with Crippen molar-refractivity contribution < 1.29 is 4.79 Å². The summed E-state index contributed by atoms with van der Waals surface area (Å²) in [6.45, 7) is 3.65. The third-order valence-corrected chi connectivity index (χ3v) is 3.77. The van der Waals surface area contributed by atoms with Gasteiger partial charge in [-0.3, -0.25) is 4.79 Å². The van der Waals surface area contributed by atoms with Crippen molar-refractivity contribution in [2.45, 2.75) is 20.3 Å². The van der Waals surface area contributed by atoms with Crippen LogP contribution in [0.4, 0.5) is 0 Å². The van der Waals surface area contributed by atoms with Crippen LogP contribution in [0.15, 0.2) is 28.1 Å². The number of benzene rings is 1. The van der Waals surface area contributed by atoms with Crippen LogP contribution < -0.4 is 0 Å². The summed E-state index contributed by atoms with van der Waals surface area (Å²) >= 11 is 5.00. The van der Waals surface area contributed by atoms with Gasteiger partial charge in [-0.2, -0.15) is 0 Å². The first-order valence-corrected chi connectivity index (χ1v) is 6.94. The molecule has 2 aromatic rings. The Morgan fingerprint density at radius 3 is 2.94 bits per heavy atom. The van der Waals surface area contributed by atoms with E-state index >= 15 is 0 Å². The highest BCUT2D eigenvalue weighted by molar-refractivity contribution is 9.10. The number of aromatic nitrogens is 1. The van der Waals surface area contributed by atoms with E-state index in [2.05, 4.69) is 40.0 Å². The lowest BCUT2D eigenvalue weighted by Crippen LogP contribution is -1.95. The van der Waals surface area contributed by atoms with E-state index in [0.29, 0.717) is 6.42 Å². The number of nitrogens with zero attached hydrogens (tertiary/aromatic N) is 1. The molecule has 17 heavy (non-hydrogen) atoms. The van der Waals surface area contributed by atoms with Crippen molar-refractivity contribution in [2.75, 3.05) is 0 Å². The molecule has 1 aromatic heterocycles. The topological polar surface area (TPSA) is 30.0 Å². The predicted molar refractivity (Wildman–Crippen MR) is 74.4 cm³/mol. The van der Waals surface area contributed by atoms with Gasteiger partial charge < -0.3 is 0 Å². The Morgan fingerprint density at radius 2 is 2.24 bits per heavy atom. The molecule has 1 heterocycles. The molecule has 0 saturated carbocycles. The molecular formula is C13H12BrNOS. The molecule has 0 saturated heterocycles. The molecule has 0 N–H and O–H groups in total. The third-order valence-electron chi connectivity index (χ3n) is 2.43. The molecule has 0 aliphatic rings. The second kappa shape index (κ2) is 5.10. The molecule has 0 bridgehead atoms. The molecule has 0 aliphatic heterocycles. The van der Waals surface area contributed by atoms with Gasteiger partial charge in [0.15, 0.2) is 0 Å². The van der Waals surface area contributed by atoms with E-state index in [0.717, 1.165) is 20.7 Å². The quantitative estimate of drug-likeness (QED) is 0.857. The molecule has 0 atom stereocenters. The van der Waals surface area contributed by atoms with E-state index in [1.807, 2.05) is 11.4 Å². The molecule has 0 fully saturated rings. The van der Waals surface area contributed by atoms with Crippen LogP contribution in [0.25, 0.3) is 11.3 Å². The fourth-order valence-corrected chi connectivity index (χ4v) is 2.83. The first kappa shape index (κ1) is 12.5. The van der Waals surface area contributed by atoms with E-state index in [9.17, 15) is 4.79 Å². The summed E-state index contributed by atoms with van der Waals surface area (Å²) in [5.41, 5.74) is 3.25. The maximum absolute atomic E-state index is 11.0. The molecular weight excluding hydrogens is 298 g/mol. The van der Waals surface area contributed by atoms with Crippen LogP contribution in [-0.4, -0.2) is 10.8 Å². The Kier molecular flexibility index (Phi) is 3.74. The number of hydrogen-bond donors (Lipinski definition) is 0. The molecule has 2 nitrogen and oxygen atoms in total. The largest absolute Gasteiger partial charge is 0.300 e. The van der Waals surface area contributed by atoms with Crippen molar-refractivity contribution in [3.63, 3.8) is 0 Å². The molecule has 0 radical (unpaired) electrons. The van der Waals surface area contributed by atoms with Gasteiger partial charge in [0.25, 0.3) is 0 Å². The Balaban J connectivity index is 2.36. The summed E-state index contributed by atoms with van der Waals surface area (Å²) in [6.07, 6.45) is 0.428. The normalized spacial score (nSPS) is 10.5. The van der Waals surface area contributed by atoms with Gasteiger partial charge in [0.2, 0.25) is 0 Å². The van der Waals surface area contributed by atoms with Crippen molar-refractivity contribution in [2.24, 2.45) is 0 Å². The van der Waals surface area contributed by atoms with Crippen LogP contribution in [-0.2, 0) is 11.2 Å². The minimum Gasteiger partial charge on any atom is -0.300 e. The maximum atomic E-state index is 11.0. The molecule has 1 aromatic carbocycles. The predicted octanol–water partition coefficient (Wildman–Crippen LogP) is 4.01. The fourth-order valence-electron chi connectivity index (χ4n) is 1.60. The first-order chi connectivity index (χ1) is 8.06. The van der Waals surface area contributed by atoms with Crippen molar-refractivity contribution in [1.82, 2.24) is 4.98 Å². The summed E-state index contributed by atoms with van der Waals surface area (Å²) in [5, 5.41) is 2.89. The van der Waals surface area contributed by atoms with Crippen molar-refractivity contribution in [1.29, 1.82) is 0 Å². The minimum absolute atomic E-state index is 0.150. The zero-order valence-electron chi connectivity index (χ0n) is 9.66. The molecule has 0 unspecified atom stereocenters. The average molecular weight is 310 g/mol.